The summed E-state index contributed by atoms with van der Waals surface area (Å²) in [7, 11) is 0. The molecule has 2 N–H and O–H groups in total. The number of ether oxygens (including phenoxy) is 3. The fraction of sp³-hybridized carbons (Fsp3) is 0.833. The number of rotatable bonds is 5. The standard InChI is InChI=1S/C12H21NO5.ClH/c1-3-10(14)16-7-8-5-6-9(13)12(17-8)18-11(15)4-2;/h8-9,12H,3-7,13H2,1-2H3;1H. The molecule has 0 aromatic rings. The smallest absolute Gasteiger partial charge is 0.307 e. The monoisotopic (exact) mass is 295 g/mol. The van der Waals surface area contributed by atoms with Crippen LogP contribution in [0.3, 0.4) is 0 Å². The van der Waals surface area contributed by atoms with Crippen LogP contribution in [-0.4, -0.2) is 37.0 Å². The predicted molar refractivity (Wildman–Crippen MR) is 70.8 cm³/mol. The number of carbonyl (C=O) groups excluding carboxylic acids is 2. The average molecular weight is 296 g/mol. The van der Waals surface area contributed by atoms with Gasteiger partial charge in [-0.25, -0.2) is 0 Å². The maximum atomic E-state index is 11.2. The Labute approximate surface area is 119 Å². The lowest BCUT2D eigenvalue weighted by molar-refractivity contribution is -0.215. The van der Waals surface area contributed by atoms with Crippen molar-refractivity contribution < 1.29 is 23.8 Å². The van der Waals surface area contributed by atoms with Gasteiger partial charge in [0.25, 0.3) is 0 Å². The molecular formula is C12H22ClNO5. The summed E-state index contributed by atoms with van der Waals surface area (Å²) in [5.74, 6) is -0.614. The van der Waals surface area contributed by atoms with Crippen LogP contribution in [0.2, 0.25) is 0 Å². The molecule has 1 heterocycles. The normalized spacial score (nSPS) is 26.2. The first-order valence-electron chi connectivity index (χ1n) is 6.33. The fourth-order valence-electron chi connectivity index (χ4n) is 1.61. The highest BCUT2D eigenvalue weighted by molar-refractivity contribution is 5.85. The van der Waals surface area contributed by atoms with Crippen molar-refractivity contribution in [2.24, 2.45) is 5.73 Å². The topological polar surface area (TPSA) is 87.9 Å². The summed E-state index contributed by atoms with van der Waals surface area (Å²) >= 11 is 0. The SMILES string of the molecule is CCC(=O)OCC1CCC(N)C(OC(=O)CC)O1.Cl. The molecule has 112 valence electrons. The second kappa shape index (κ2) is 9.12. The van der Waals surface area contributed by atoms with Crippen molar-refractivity contribution in [3.63, 3.8) is 0 Å². The van der Waals surface area contributed by atoms with E-state index in [-0.39, 0.29) is 49.5 Å². The first kappa shape index (κ1) is 18.1. The molecular weight excluding hydrogens is 274 g/mol. The summed E-state index contributed by atoms with van der Waals surface area (Å²) in [6, 6.07) is -0.321. The van der Waals surface area contributed by atoms with E-state index < -0.39 is 6.29 Å². The Hall–Kier alpha value is -0.850. The second-order valence-corrected chi connectivity index (χ2v) is 4.25. The Morgan fingerprint density at radius 1 is 1.21 bits per heavy atom. The molecule has 0 aromatic carbocycles. The van der Waals surface area contributed by atoms with E-state index in [0.29, 0.717) is 19.3 Å². The van der Waals surface area contributed by atoms with Crippen molar-refractivity contribution >= 4 is 24.3 Å². The Bertz CT molecular complexity index is 300. The van der Waals surface area contributed by atoms with Gasteiger partial charge in [0.2, 0.25) is 6.29 Å². The fourth-order valence-corrected chi connectivity index (χ4v) is 1.61. The van der Waals surface area contributed by atoms with Gasteiger partial charge in [-0.15, -0.1) is 12.4 Å². The Morgan fingerprint density at radius 3 is 2.42 bits per heavy atom. The van der Waals surface area contributed by atoms with Crippen LogP contribution in [0.1, 0.15) is 39.5 Å². The van der Waals surface area contributed by atoms with E-state index in [0.717, 1.165) is 0 Å². The van der Waals surface area contributed by atoms with E-state index in [1.165, 1.54) is 0 Å². The third kappa shape index (κ3) is 6.22. The van der Waals surface area contributed by atoms with Crippen molar-refractivity contribution in [1.29, 1.82) is 0 Å². The molecule has 0 amide bonds. The van der Waals surface area contributed by atoms with Gasteiger partial charge in [0.1, 0.15) is 6.61 Å². The molecule has 1 rings (SSSR count). The number of carbonyl (C=O) groups is 2. The van der Waals surface area contributed by atoms with E-state index >= 15 is 0 Å². The number of hydrogen-bond donors (Lipinski definition) is 1. The van der Waals surface area contributed by atoms with E-state index in [9.17, 15) is 9.59 Å². The van der Waals surface area contributed by atoms with Gasteiger partial charge in [0.05, 0.1) is 12.1 Å². The maximum Gasteiger partial charge on any atom is 0.307 e. The minimum atomic E-state index is -0.739. The number of esters is 2. The van der Waals surface area contributed by atoms with Crippen LogP contribution in [0.15, 0.2) is 0 Å². The molecule has 3 atom stereocenters. The van der Waals surface area contributed by atoms with Gasteiger partial charge in [-0.3, -0.25) is 9.59 Å². The molecule has 0 saturated carbocycles. The summed E-state index contributed by atoms with van der Waals surface area (Å²) in [4.78, 5) is 22.2. The van der Waals surface area contributed by atoms with Crippen LogP contribution in [0.5, 0.6) is 0 Å². The lowest BCUT2D eigenvalue weighted by Gasteiger charge is -2.33. The second-order valence-electron chi connectivity index (χ2n) is 4.25. The van der Waals surface area contributed by atoms with Gasteiger partial charge in [-0.1, -0.05) is 13.8 Å². The maximum absolute atomic E-state index is 11.2. The zero-order chi connectivity index (χ0) is 13.5. The minimum absolute atomic E-state index is 0. The highest BCUT2D eigenvalue weighted by atomic mass is 35.5. The molecule has 7 heteroatoms. The van der Waals surface area contributed by atoms with E-state index in [1.807, 2.05) is 0 Å². The van der Waals surface area contributed by atoms with Crippen molar-refractivity contribution in [3.8, 4) is 0 Å². The van der Waals surface area contributed by atoms with Crippen molar-refractivity contribution in [2.45, 2.75) is 58.0 Å². The molecule has 0 spiro atoms. The molecule has 1 fully saturated rings. The Balaban J connectivity index is 0.00000324. The van der Waals surface area contributed by atoms with Gasteiger partial charge in [0.15, 0.2) is 0 Å². The first-order valence-corrected chi connectivity index (χ1v) is 6.33. The van der Waals surface area contributed by atoms with Gasteiger partial charge in [-0.05, 0) is 12.8 Å². The summed E-state index contributed by atoms with van der Waals surface area (Å²) in [6.45, 7) is 3.61. The molecule has 0 bridgehead atoms. The van der Waals surface area contributed by atoms with Crippen LogP contribution >= 0.6 is 12.4 Å². The van der Waals surface area contributed by atoms with Gasteiger partial charge >= 0.3 is 11.9 Å². The minimum Gasteiger partial charge on any atom is -0.463 e. The molecule has 1 saturated heterocycles. The number of halogens is 1. The third-order valence-corrected chi connectivity index (χ3v) is 2.75. The molecule has 1 aliphatic heterocycles. The predicted octanol–water partition coefficient (Wildman–Crippen LogP) is 1.15. The molecule has 1 aliphatic rings. The van der Waals surface area contributed by atoms with Crippen molar-refractivity contribution in [3.05, 3.63) is 0 Å². The largest absolute Gasteiger partial charge is 0.463 e. The third-order valence-electron chi connectivity index (χ3n) is 2.75. The summed E-state index contributed by atoms with van der Waals surface area (Å²) in [5, 5.41) is 0. The van der Waals surface area contributed by atoms with Gasteiger partial charge in [-0.2, -0.15) is 0 Å². The Kier molecular flexibility index (Phi) is 8.71. The van der Waals surface area contributed by atoms with E-state index in [2.05, 4.69) is 0 Å². The highest BCUT2D eigenvalue weighted by Gasteiger charge is 2.31. The molecule has 0 aliphatic carbocycles. The lowest BCUT2D eigenvalue weighted by atomic mass is 10.0. The zero-order valence-electron chi connectivity index (χ0n) is 11.3. The van der Waals surface area contributed by atoms with Gasteiger partial charge in [0, 0.05) is 12.8 Å². The Morgan fingerprint density at radius 2 is 1.84 bits per heavy atom. The quantitative estimate of drug-likeness (QED) is 0.765. The number of hydrogen-bond acceptors (Lipinski definition) is 6. The summed E-state index contributed by atoms with van der Waals surface area (Å²) < 4.78 is 15.6. The van der Waals surface area contributed by atoms with Crippen LogP contribution in [0.25, 0.3) is 0 Å². The van der Waals surface area contributed by atoms with E-state index in [4.69, 9.17) is 19.9 Å². The van der Waals surface area contributed by atoms with Gasteiger partial charge < -0.3 is 19.9 Å². The van der Waals surface area contributed by atoms with Crippen LogP contribution in [0, 0.1) is 0 Å². The van der Waals surface area contributed by atoms with Crippen molar-refractivity contribution in [1.82, 2.24) is 0 Å². The first-order chi connectivity index (χ1) is 8.56. The lowest BCUT2D eigenvalue weighted by Crippen LogP contribution is -2.47. The van der Waals surface area contributed by atoms with Crippen LogP contribution < -0.4 is 5.73 Å². The van der Waals surface area contributed by atoms with E-state index in [1.54, 1.807) is 13.8 Å². The zero-order valence-corrected chi connectivity index (χ0v) is 12.1. The molecule has 3 unspecified atom stereocenters. The van der Waals surface area contributed by atoms with Crippen molar-refractivity contribution in [2.75, 3.05) is 6.61 Å². The van der Waals surface area contributed by atoms with Crippen LogP contribution in [-0.2, 0) is 23.8 Å². The average Bonchev–Trinajstić information content (AvgIpc) is 2.38. The number of nitrogens with two attached hydrogens (primary N) is 1. The summed E-state index contributed by atoms with van der Waals surface area (Å²) in [5.41, 5.74) is 5.82. The highest BCUT2D eigenvalue weighted by Crippen LogP contribution is 2.20. The molecule has 6 nitrogen and oxygen atoms in total. The molecule has 0 aromatic heterocycles. The van der Waals surface area contributed by atoms with Crippen LogP contribution in [0.4, 0.5) is 0 Å². The molecule has 19 heavy (non-hydrogen) atoms. The molecule has 0 radical (unpaired) electrons. The summed E-state index contributed by atoms with van der Waals surface area (Å²) in [6.07, 6.45) is 0.989.